The zero-order chi connectivity index (χ0) is 33.6. The SMILES string of the molecule is CCCCCCCCCCCCCCCCCCCC(=O)OCC(C)COC(=O)CCCCCCCCCCCCCCCCC. The highest BCUT2D eigenvalue weighted by molar-refractivity contribution is 5.69. The van der Waals surface area contributed by atoms with Crippen LogP contribution >= 0.6 is 0 Å². The van der Waals surface area contributed by atoms with Gasteiger partial charge in [0.15, 0.2) is 0 Å². The molecule has 0 aliphatic heterocycles. The van der Waals surface area contributed by atoms with Crippen molar-refractivity contribution in [1.82, 2.24) is 0 Å². The van der Waals surface area contributed by atoms with Crippen molar-refractivity contribution in [2.24, 2.45) is 5.92 Å². The molecule has 0 aromatic heterocycles. The Morgan fingerprint density at radius 1 is 0.348 bits per heavy atom. The summed E-state index contributed by atoms with van der Waals surface area (Å²) in [7, 11) is 0. The molecule has 0 fully saturated rings. The molecule has 1 unspecified atom stereocenters. The zero-order valence-corrected chi connectivity index (χ0v) is 31.7. The van der Waals surface area contributed by atoms with Crippen molar-refractivity contribution in [2.45, 2.75) is 239 Å². The number of hydrogen-bond donors (Lipinski definition) is 0. The summed E-state index contributed by atoms with van der Waals surface area (Å²) in [5, 5.41) is 0. The van der Waals surface area contributed by atoms with E-state index in [9.17, 15) is 9.59 Å². The normalized spacial score (nSPS) is 12.0. The largest absolute Gasteiger partial charge is 0.465 e. The summed E-state index contributed by atoms with van der Waals surface area (Å²) in [6, 6.07) is 0. The van der Waals surface area contributed by atoms with Crippen LogP contribution in [0.3, 0.4) is 0 Å². The van der Waals surface area contributed by atoms with Crippen LogP contribution in [0, 0.1) is 5.92 Å². The third kappa shape index (κ3) is 37.4. The zero-order valence-electron chi connectivity index (χ0n) is 31.7. The summed E-state index contributed by atoms with van der Waals surface area (Å²) >= 11 is 0. The van der Waals surface area contributed by atoms with Gasteiger partial charge >= 0.3 is 11.9 Å². The third-order valence-corrected chi connectivity index (χ3v) is 9.53. The molecule has 0 aromatic carbocycles. The Balaban J connectivity index is 3.36. The molecule has 0 aliphatic carbocycles. The van der Waals surface area contributed by atoms with Gasteiger partial charge in [-0.25, -0.2) is 0 Å². The Bertz CT molecular complexity index is 619. The van der Waals surface area contributed by atoms with Crippen LogP contribution in [0.15, 0.2) is 0 Å². The first kappa shape index (κ1) is 44.9. The lowest BCUT2D eigenvalue weighted by molar-refractivity contribution is -0.148. The van der Waals surface area contributed by atoms with Crippen LogP contribution in [-0.2, 0) is 19.1 Å². The molecule has 0 saturated heterocycles. The highest BCUT2D eigenvalue weighted by atomic mass is 16.5. The summed E-state index contributed by atoms with van der Waals surface area (Å²) in [5.41, 5.74) is 0. The highest BCUT2D eigenvalue weighted by Crippen LogP contribution is 2.16. The lowest BCUT2D eigenvalue weighted by Gasteiger charge is -2.13. The average Bonchev–Trinajstić information content (AvgIpc) is 3.06. The maximum atomic E-state index is 12.1. The van der Waals surface area contributed by atoms with Crippen LogP contribution in [0.25, 0.3) is 0 Å². The van der Waals surface area contributed by atoms with Gasteiger partial charge in [0.1, 0.15) is 0 Å². The molecule has 0 heterocycles. The molecule has 0 amide bonds. The first-order valence-electron chi connectivity index (χ1n) is 20.9. The fraction of sp³-hybridized carbons (Fsp3) is 0.952. The Kier molecular flexibility index (Phi) is 37.5. The van der Waals surface area contributed by atoms with Crippen molar-refractivity contribution in [1.29, 1.82) is 0 Å². The van der Waals surface area contributed by atoms with Gasteiger partial charge in [-0.15, -0.1) is 0 Å². The monoisotopic (exact) mass is 651 g/mol. The molecule has 4 nitrogen and oxygen atoms in total. The van der Waals surface area contributed by atoms with Gasteiger partial charge in [-0.2, -0.15) is 0 Å². The van der Waals surface area contributed by atoms with Crippen molar-refractivity contribution in [3.8, 4) is 0 Å². The second-order valence-electron chi connectivity index (χ2n) is 14.6. The van der Waals surface area contributed by atoms with Gasteiger partial charge in [-0.05, 0) is 12.8 Å². The summed E-state index contributed by atoms with van der Waals surface area (Å²) in [6.07, 6.45) is 43.6. The Morgan fingerprint density at radius 2 is 0.543 bits per heavy atom. The van der Waals surface area contributed by atoms with Crippen LogP contribution in [-0.4, -0.2) is 25.2 Å². The number of carbonyl (C=O) groups excluding carboxylic acids is 2. The molecule has 274 valence electrons. The van der Waals surface area contributed by atoms with Gasteiger partial charge in [-0.3, -0.25) is 9.59 Å². The van der Waals surface area contributed by atoms with Crippen molar-refractivity contribution < 1.29 is 19.1 Å². The highest BCUT2D eigenvalue weighted by Gasteiger charge is 2.11. The number of hydrogen-bond acceptors (Lipinski definition) is 4. The molecule has 1 atom stereocenters. The molecule has 0 spiro atoms. The lowest BCUT2D eigenvalue weighted by atomic mass is 10.0. The van der Waals surface area contributed by atoms with E-state index < -0.39 is 0 Å². The van der Waals surface area contributed by atoms with Crippen LogP contribution < -0.4 is 0 Å². The Morgan fingerprint density at radius 3 is 0.761 bits per heavy atom. The second-order valence-corrected chi connectivity index (χ2v) is 14.6. The lowest BCUT2D eigenvalue weighted by Crippen LogP contribution is -2.18. The van der Waals surface area contributed by atoms with Crippen LogP contribution in [0.5, 0.6) is 0 Å². The van der Waals surface area contributed by atoms with E-state index in [1.165, 1.54) is 180 Å². The minimum absolute atomic E-state index is 0.0458. The molecule has 0 radical (unpaired) electrons. The molecule has 0 saturated carbocycles. The number of ether oxygens (including phenoxy) is 2. The van der Waals surface area contributed by atoms with Crippen molar-refractivity contribution in [2.75, 3.05) is 13.2 Å². The number of rotatable bonds is 38. The number of unbranched alkanes of at least 4 members (excludes halogenated alkanes) is 30. The van der Waals surface area contributed by atoms with Gasteiger partial charge in [-0.1, -0.05) is 213 Å². The molecule has 0 rings (SSSR count). The minimum Gasteiger partial charge on any atom is -0.465 e. The Hall–Kier alpha value is -1.06. The van der Waals surface area contributed by atoms with Crippen LogP contribution in [0.4, 0.5) is 0 Å². The topological polar surface area (TPSA) is 52.6 Å². The minimum atomic E-state index is -0.114. The summed E-state index contributed by atoms with van der Waals surface area (Å²) in [5.74, 6) is -0.183. The van der Waals surface area contributed by atoms with E-state index in [-0.39, 0.29) is 17.9 Å². The number of esters is 2. The quantitative estimate of drug-likeness (QED) is 0.0493. The van der Waals surface area contributed by atoms with E-state index in [0.29, 0.717) is 26.1 Å². The molecule has 46 heavy (non-hydrogen) atoms. The predicted octanol–water partition coefficient (Wildman–Crippen LogP) is 14.0. The molecular formula is C42H82O4. The fourth-order valence-electron chi connectivity index (χ4n) is 6.30. The molecule has 0 aliphatic rings. The Labute approximate surface area is 288 Å². The predicted molar refractivity (Wildman–Crippen MR) is 199 cm³/mol. The van der Waals surface area contributed by atoms with Crippen molar-refractivity contribution >= 4 is 11.9 Å². The van der Waals surface area contributed by atoms with Gasteiger partial charge in [0.25, 0.3) is 0 Å². The molecular weight excluding hydrogens is 568 g/mol. The maximum Gasteiger partial charge on any atom is 0.305 e. The molecule has 0 N–H and O–H groups in total. The van der Waals surface area contributed by atoms with E-state index in [1.54, 1.807) is 0 Å². The summed E-state index contributed by atoms with van der Waals surface area (Å²) in [6.45, 7) is 7.21. The van der Waals surface area contributed by atoms with Crippen molar-refractivity contribution in [3.05, 3.63) is 0 Å². The van der Waals surface area contributed by atoms with E-state index in [2.05, 4.69) is 13.8 Å². The van der Waals surface area contributed by atoms with E-state index >= 15 is 0 Å². The summed E-state index contributed by atoms with van der Waals surface area (Å²) in [4.78, 5) is 24.2. The average molecular weight is 651 g/mol. The fourth-order valence-corrected chi connectivity index (χ4v) is 6.30. The van der Waals surface area contributed by atoms with Gasteiger partial charge < -0.3 is 9.47 Å². The molecule has 0 bridgehead atoms. The first-order chi connectivity index (χ1) is 22.6. The standard InChI is InChI=1S/C42H82O4/c1-4-6-8-10-12-14-16-18-20-21-23-25-27-29-31-33-35-37-42(44)46-39-40(3)38-45-41(43)36-34-32-30-28-26-24-22-19-17-15-13-11-9-7-5-2/h40H,4-39H2,1-3H3. The maximum absolute atomic E-state index is 12.1. The molecule has 4 heteroatoms. The second kappa shape index (κ2) is 38.4. The van der Waals surface area contributed by atoms with Gasteiger partial charge in [0.2, 0.25) is 0 Å². The van der Waals surface area contributed by atoms with Gasteiger partial charge in [0.05, 0.1) is 13.2 Å². The smallest absolute Gasteiger partial charge is 0.305 e. The molecule has 0 aromatic rings. The van der Waals surface area contributed by atoms with Crippen molar-refractivity contribution in [3.63, 3.8) is 0 Å². The number of carbonyl (C=O) groups is 2. The van der Waals surface area contributed by atoms with Crippen LogP contribution in [0.1, 0.15) is 239 Å². The van der Waals surface area contributed by atoms with E-state index in [1.807, 2.05) is 6.92 Å². The first-order valence-corrected chi connectivity index (χ1v) is 20.9. The third-order valence-electron chi connectivity index (χ3n) is 9.53. The van der Waals surface area contributed by atoms with E-state index in [4.69, 9.17) is 9.47 Å². The van der Waals surface area contributed by atoms with Gasteiger partial charge in [0, 0.05) is 18.8 Å². The summed E-state index contributed by atoms with van der Waals surface area (Å²) < 4.78 is 10.8. The van der Waals surface area contributed by atoms with E-state index in [0.717, 1.165) is 25.7 Å². The van der Waals surface area contributed by atoms with Crippen LogP contribution in [0.2, 0.25) is 0 Å².